The first-order valence-electron chi connectivity index (χ1n) is 5.26. The van der Waals surface area contributed by atoms with E-state index in [0.29, 0.717) is 24.4 Å². The molecule has 0 radical (unpaired) electrons. The van der Waals surface area contributed by atoms with Gasteiger partial charge in [-0.25, -0.2) is 0 Å². The minimum absolute atomic E-state index is 0.0409. The van der Waals surface area contributed by atoms with E-state index in [1.54, 1.807) is 7.11 Å². The predicted molar refractivity (Wildman–Crippen MR) is 58.5 cm³/mol. The molecule has 1 aliphatic heterocycles. The maximum Gasteiger partial charge on any atom is 0.166 e. The third-order valence-corrected chi connectivity index (χ3v) is 2.42. The molecule has 0 bridgehead atoms. The number of ether oxygens (including phenoxy) is 2. The fourth-order valence-electron chi connectivity index (χ4n) is 1.49. The number of methoxy groups -OCH3 is 1. The van der Waals surface area contributed by atoms with Gasteiger partial charge in [0.15, 0.2) is 5.78 Å². The van der Waals surface area contributed by atoms with E-state index in [-0.39, 0.29) is 11.9 Å². The second kappa shape index (κ2) is 5.71. The van der Waals surface area contributed by atoms with Gasteiger partial charge >= 0.3 is 0 Å². The van der Waals surface area contributed by atoms with Crippen LogP contribution in [0.25, 0.3) is 0 Å². The molecule has 1 rings (SSSR count). The van der Waals surface area contributed by atoms with Gasteiger partial charge in [-0.3, -0.25) is 4.79 Å². The first kappa shape index (κ1) is 12.0. The lowest BCUT2D eigenvalue weighted by atomic mass is 10.1. The van der Waals surface area contributed by atoms with Gasteiger partial charge < -0.3 is 9.47 Å². The highest BCUT2D eigenvalue weighted by Gasteiger charge is 2.19. The van der Waals surface area contributed by atoms with Crippen molar-refractivity contribution in [1.82, 2.24) is 0 Å². The SMILES string of the molecule is CC=C1C(=O)CCCOC1=CC(C)OC. The van der Waals surface area contributed by atoms with Gasteiger partial charge in [-0.05, 0) is 26.3 Å². The molecule has 1 unspecified atom stereocenters. The molecule has 1 saturated heterocycles. The topological polar surface area (TPSA) is 35.5 Å². The van der Waals surface area contributed by atoms with Crippen LogP contribution in [0.5, 0.6) is 0 Å². The zero-order valence-corrected chi connectivity index (χ0v) is 9.58. The molecule has 0 N–H and O–H groups in total. The molecule has 0 amide bonds. The number of Topliss-reactive ketones (excluding diaryl/α,β-unsaturated/α-hetero) is 1. The summed E-state index contributed by atoms with van der Waals surface area (Å²) in [5.41, 5.74) is 0.677. The van der Waals surface area contributed by atoms with Crippen LogP contribution in [0.15, 0.2) is 23.5 Å². The second-order valence-corrected chi connectivity index (χ2v) is 3.55. The molecule has 0 aromatic heterocycles. The van der Waals surface area contributed by atoms with Gasteiger partial charge in [0.2, 0.25) is 0 Å². The van der Waals surface area contributed by atoms with E-state index in [1.165, 1.54) is 0 Å². The summed E-state index contributed by atoms with van der Waals surface area (Å²) < 4.78 is 10.7. The zero-order chi connectivity index (χ0) is 11.3. The van der Waals surface area contributed by atoms with Crippen molar-refractivity contribution in [2.24, 2.45) is 0 Å². The number of ketones is 1. The first-order valence-corrected chi connectivity index (χ1v) is 5.26. The van der Waals surface area contributed by atoms with E-state index in [4.69, 9.17) is 9.47 Å². The van der Waals surface area contributed by atoms with Crippen molar-refractivity contribution < 1.29 is 14.3 Å². The summed E-state index contributed by atoms with van der Waals surface area (Å²) in [7, 11) is 1.63. The Morgan fingerprint density at radius 3 is 2.87 bits per heavy atom. The third kappa shape index (κ3) is 3.20. The molecule has 1 atom stereocenters. The third-order valence-electron chi connectivity index (χ3n) is 2.42. The maximum atomic E-state index is 11.7. The highest BCUT2D eigenvalue weighted by atomic mass is 16.5. The van der Waals surface area contributed by atoms with Gasteiger partial charge in [0.25, 0.3) is 0 Å². The second-order valence-electron chi connectivity index (χ2n) is 3.55. The Hall–Kier alpha value is -1.09. The molecular formula is C12H18O3. The molecule has 0 saturated carbocycles. The lowest BCUT2D eigenvalue weighted by Crippen LogP contribution is -2.07. The summed E-state index contributed by atoms with van der Waals surface area (Å²) in [6.45, 7) is 4.37. The minimum Gasteiger partial charge on any atom is -0.493 e. The van der Waals surface area contributed by atoms with Gasteiger partial charge in [-0.2, -0.15) is 0 Å². The average Bonchev–Trinajstić information content (AvgIpc) is 2.40. The van der Waals surface area contributed by atoms with Crippen LogP contribution in [0.3, 0.4) is 0 Å². The molecule has 1 fully saturated rings. The van der Waals surface area contributed by atoms with Gasteiger partial charge in [-0.15, -0.1) is 0 Å². The van der Waals surface area contributed by atoms with E-state index in [9.17, 15) is 4.79 Å². The van der Waals surface area contributed by atoms with Gasteiger partial charge in [-0.1, -0.05) is 6.08 Å². The summed E-state index contributed by atoms with van der Waals surface area (Å²) >= 11 is 0. The minimum atomic E-state index is -0.0409. The summed E-state index contributed by atoms with van der Waals surface area (Å²) in [6.07, 6.45) is 4.97. The summed E-state index contributed by atoms with van der Waals surface area (Å²) in [5, 5.41) is 0. The van der Waals surface area contributed by atoms with Crippen LogP contribution >= 0.6 is 0 Å². The van der Waals surface area contributed by atoms with Gasteiger partial charge in [0.1, 0.15) is 5.76 Å². The Morgan fingerprint density at radius 1 is 1.53 bits per heavy atom. The molecule has 1 aliphatic rings. The van der Waals surface area contributed by atoms with E-state index in [1.807, 2.05) is 26.0 Å². The molecule has 3 nitrogen and oxygen atoms in total. The number of carbonyl (C=O) groups excluding carboxylic acids is 1. The van der Waals surface area contributed by atoms with Crippen LogP contribution in [0.2, 0.25) is 0 Å². The van der Waals surface area contributed by atoms with Crippen LogP contribution < -0.4 is 0 Å². The summed E-state index contributed by atoms with van der Waals surface area (Å²) in [4.78, 5) is 11.7. The Labute approximate surface area is 90.8 Å². The van der Waals surface area contributed by atoms with E-state index in [0.717, 1.165) is 6.42 Å². The summed E-state index contributed by atoms with van der Waals surface area (Å²) in [5.74, 6) is 0.818. The highest BCUT2D eigenvalue weighted by Crippen LogP contribution is 2.20. The van der Waals surface area contributed by atoms with Crippen molar-refractivity contribution in [3.63, 3.8) is 0 Å². The van der Waals surface area contributed by atoms with Crippen molar-refractivity contribution >= 4 is 5.78 Å². The van der Waals surface area contributed by atoms with E-state index >= 15 is 0 Å². The van der Waals surface area contributed by atoms with Crippen molar-refractivity contribution in [3.8, 4) is 0 Å². The van der Waals surface area contributed by atoms with Crippen molar-refractivity contribution in [2.75, 3.05) is 13.7 Å². The monoisotopic (exact) mass is 210 g/mol. The van der Waals surface area contributed by atoms with Gasteiger partial charge in [0, 0.05) is 13.5 Å². The smallest absolute Gasteiger partial charge is 0.166 e. The van der Waals surface area contributed by atoms with Crippen molar-refractivity contribution in [1.29, 1.82) is 0 Å². The zero-order valence-electron chi connectivity index (χ0n) is 9.58. The molecule has 0 spiro atoms. The number of hydrogen-bond donors (Lipinski definition) is 0. The van der Waals surface area contributed by atoms with E-state index < -0.39 is 0 Å². The maximum absolute atomic E-state index is 11.7. The Morgan fingerprint density at radius 2 is 2.27 bits per heavy atom. The lowest BCUT2D eigenvalue weighted by Gasteiger charge is -2.11. The number of carbonyl (C=O) groups is 1. The fourth-order valence-corrected chi connectivity index (χ4v) is 1.49. The van der Waals surface area contributed by atoms with Crippen LogP contribution in [0.4, 0.5) is 0 Å². The predicted octanol–water partition coefficient (Wildman–Crippen LogP) is 2.23. The molecule has 0 aromatic carbocycles. The van der Waals surface area contributed by atoms with Crippen LogP contribution in [-0.4, -0.2) is 25.6 Å². The number of allylic oxidation sites excluding steroid dienone is 2. The number of hydrogen-bond acceptors (Lipinski definition) is 3. The molecule has 0 aliphatic carbocycles. The van der Waals surface area contributed by atoms with E-state index in [2.05, 4.69) is 0 Å². The number of rotatable bonds is 2. The van der Waals surface area contributed by atoms with Crippen molar-refractivity contribution in [2.45, 2.75) is 32.8 Å². The molecule has 84 valence electrons. The lowest BCUT2D eigenvalue weighted by molar-refractivity contribution is -0.115. The standard InChI is InChI=1S/C12H18O3/c1-4-10-11(13)6-5-7-15-12(10)8-9(2)14-3/h4,8-9H,5-7H2,1-3H3. The molecule has 15 heavy (non-hydrogen) atoms. The van der Waals surface area contributed by atoms with Crippen LogP contribution in [0, 0.1) is 0 Å². The molecule has 3 heteroatoms. The quantitative estimate of drug-likeness (QED) is 0.656. The fraction of sp³-hybridized carbons (Fsp3) is 0.583. The van der Waals surface area contributed by atoms with Crippen molar-refractivity contribution in [3.05, 3.63) is 23.5 Å². The van der Waals surface area contributed by atoms with Crippen LogP contribution in [-0.2, 0) is 14.3 Å². The largest absolute Gasteiger partial charge is 0.493 e. The van der Waals surface area contributed by atoms with Crippen LogP contribution in [0.1, 0.15) is 26.7 Å². The Bertz CT molecular complexity index is 289. The Balaban J connectivity index is 2.92. The molecule has 0 aromatic rings. The Kier molecular flexibility index (Phi) is 4.56. The molecule has 1 heterocycles. The summed E-state index contributed by atoms with van der Waals surface area (Å²) in [6, 6.07) is 0. The normalized spacial score (nSPS) is 25.1. The molecular weight excluding hydrogens is 192 g/mol. The first-order chi connectivity index (χ1) is 7.19. The van der Waals surface area contributed by atoms with Gasteiger partial charge in [0.05, 0.1) is 18.3 Å². The highest BCUT2D eigenvalue weighted by molar-refractivity contribution is 5.99. The average molecular weight is 210 g/mol.